The second-order valence-electron chi connectivity index (χ2n) is 6.93. The maximum Gasteiger partial charge on any atom is 0.417 e. The Balaban J connectivity index is 1.78. The Bertz CT molecular complexity index is 1230. The molecule has 0 aliphatic heterocycles. The number of hydrogen-bond acceptors (Lipinski definition) is 4. The van der Waals surface area contributed by atoms with E-state index in [1.54, 1.807) is 42.5 Å². The number of benzene rings is 3. The molecule has 0 aliphatic rings. The van der Waals surface area contributed by atoms with E-state index in [0.717, 1.165) is 17.7 Å². The maximum absolute atomic E-state index is 13.3. The van der Waals surface area contributed by atoms with E-state index in [9.17, 15) is 18.3 Å². The topological polar surface area (TPSA) is 77.0 Å². The molecule has 32 heavy (non-hydrogen) atoms. The molecule has 0 saturated carbocycles. The van der Waals surface area contributed by atoms with Gasteiger partial charge in [-0.3, -0.25) is 0 Å². The van der Waals surface area contributed by atoms with Crippen LogP contribution in [-0.2, 0) is 12.6 Å². The van der Waals surface area contributed by atoms with Gasteiger partial charge in [0.25, 0.3) is 0 Å². The first-order chi connectivity index (χ1) is 15.2. The van der Waals surface area contributed by atoms with Crippen molar-refractivity contribution in [3.63, 3.8) is 0 Å². The molecule has 0 heterocycles. The third kappa shape index (κ3) is 5.08. The molecule has 0 unspecified atom stereocenters. The average Bonchev–Trinajstić information content (AvgIpc) is 2.79. The van der Waals surface area contributed by atoms with E-state index in [2.05, 4.69) is 6.58 Å². The van der Waals surface area contributed by atoms with E-state index in [1.807, 2.05) is 6.07 Å². The van der Waals surface area contributed by atoms with Gasteiger partial charge in [0.15, 0.2) is 0 Å². The highest BCUT2D eigenvalue weighted by Crippen LogP contribution is 2.36. The van der Waals surface area contributed by atoms with Crippen molar-refractivity contribution in [3.05, 3.63) is 101 Å². The zero-order valence-electron chi connectivity index (χ0n) is 16.8. The number of ether oxygens (including phenoxy) is 1. The molecule has 0 fully saturated rings. The van der Waals surface area contributed by atoms with Gasteiger partial charge in [0.2, 0.25) is 0 Å². The number of phenols is 1. The number of phenolic OH excluding ortho intramolecular Hbond substituents is 1. The minimum Gasteiger partial charge on any atom is -0.507 e. The van der Waals surface area contributed by atoms with Crippen molar-refractivity contribution in [1.82, 2.24) is 0 Å². The molecule has 3 aromatic rings. The Morgan fingerprint density at radius 2 is 1.69 bits per heavy atom. The minimum atomic E-state index is -4.69. The molecule has 0 atom stereocenters. The van der Waals surface area contributed by atoms with Crippen LogP contribution in [0.15, 0.2) is 67.2 Å². The second kappa shape index (κ2) is 9.28. The maximum atomic E-state index is 13.3. The Kier molecular flexibility index (Phi) is 6.51. The lowest BCUT2D eigenvalue weighted by atomic mass is 9.93. The molecule has 0 amide bonds. The lowest BCUT2D eigenvalue weighted by molar-refractivity contribution is -0.137. The molecule has 0 spiro atoms. The summed E-state index contributed by atoms with van der Waals surface area (Å²) in [6, 6.07) is 18.3. The summed E-state index contributed by atoms with van der Waals surface area (Å²) in [7, 11) is 0. The summed E-state index contributed by atoms with van der Waals surface area (Å²) in [5, 5.41) is 28.0. The molecule has 160 valence electrons. The lowest BCUT2D eigenvalue weighted by Gasteiger charge is -2.14. The van der Waals surface area contributed by atoms with E-state index in [0.29, 0.717) is 29.9 Å². The SMILES string of the molecule is C=C(c1ccc(C#N)c(C(F)(F)F)c1)c1cc(CCOc2ccc(C#N)cc2)ccc1O. The third-order valence-corrected chi connectivity index (χ3v) is 4.82. The molecule has 7 heteroatoms. The van der Waals surface area contributed by atoms with Crippen molar-refractivity contribution in [2.24, 2.45) is 0 Å². The lowest BCUT2D eigenvalue weighted by Crippen LogP contribution is -2.08. The fourth-order valence-electron chi connectivity index (χ4n) is 3.11. The van der Waals surface area contributed by atoms with Crippen LogP contribution in [0.5, 0.6) is 11.5 Å². The van der Waals surface area contributed by atoms with E-state index < -0.39 is 17.3 Å². The summed E-state index contributed by atoms with van der Waals surface area (Å²) in [6.07, 6.45) is -4.21. The third-order valence-electron chi connectivity index (χ3n) is 4.82. The summed E-state index contributed by atoms with van der Waals surface area (Å²) in [5.74, 6) is 0.481. The van der Waals surface area contributed by atoms with Gasteiger partial charge in [-0.05, 0) is 65.2 Å². The summed E-state index contributed by atoms with van der Waals surface area (Å²) in [6.45, 7) is 4.17. The zero-order chi connectivity index (χ0) is 23.3. The van der Waals surface area contributed by atoms with Crippen LogP contribution in [0.2, 0.25) is 0 Å². The van der Waals surface area contributed by atoms with Crippen LogP contribution in [0, 0.1) is 22.7 Å². The fourth-order valence-corrected chi connectivity index (χ4v) is 3.11. The van der Waals surface area contributed by atoms with Crippen LogP contribution >= 0.6 is 0 Å². The zero-order valence-corrected chi connectivity index (χ0v) is 16.8. The number of rotatable bonds is 6. The predicted octanol–water partition coefficient (Wildman–Crippen LogP) is 5.84. The van der Waals surface area contributed by atoms with Gasteiger partial charge in [-0.25, -0.2) is 0 Å². The normalized spacial score (nSPS) is 10.8. The van der Waals surface area contributed by atoms with Crippen molar-refractivity contribution in [2.45, 2.75) is 12.6 Å². The van der Waals surface area contributed by atoms with Crippen molar-refractivity contribution in [3.8, 4) is 23.6 Å². The molecule has 0 aromatic heterocycles. The van der Waals surface area contributed by atoms with Gasteiger partial charge in [0, 0.05) is 12.0 Å². The van der Waals surface area contributed by atoms with E-state index >= 15 is 0 Å². The highest BCUT2D eigenvalue weighted by Gasteiger charge is 2.34. The second-order valence-corrected chi connectivity index (χ2v) is 6.93. The highest BCUT2D eigenvalue weighted by atomic mass is 19.4. The fraction of sp³-hybridized carbons (Fsp3) is 0.120. The molecule has 0 bridgehead atoms. The van der Waals surface area contributed by atoms with Gasteiger partial charge in [-0.1, -0.05) is 18.7 Å². The van der Waals surface area contributed by atoms with Crippen LogP contribution in [-0.4, -0.2) is 11.7 Å². The molecule has 0 aliphatic carbocycles. The van der Waals surface area contributed by atoms with Crippen LogP contribution in [0.4, 0.5) is 13.2 Å². The van der Waals surface area contributed by atoms with Crippen molar-refractivity contribution in [2.75, 3.05) is 6.61 Å². The van der Waals surface area contributed by atoms with Crippen LogP contribution in [0.1, 0.15) is 33.4 Å². The number of nitrogens with zero attached hydrogens (tertiary/aromatic N) is 2. The number of alkyl halides is 3. The first-order valence-electron chi connectivity index (χ1n) is 9.49. The van der Waals surface area contributed by atoms with Gasteiger partial charge < -0.3 is 9.84 Å². The Morgan fingerprint density at radius 3 is 2.31 bits per heavy atom. The number of aromatic hydroxyl groups is 1. The van der Waals surface area contributed by atoms with Crippen molar-refractivity contribution >= 4 is 5.57 Å². The molecular weight excluding hydrogens is 417 g/mol. The molecule has 0 saturated heterocycles. The van der Waals surface area contributed by atoms with E-state index in [-0.39, 0.29) is 16.9 Å². The van der Waals surface area contributed by atoms with E-state index in [1.165, 1.54) is 12.1 Å². The van der Waals surface area contributed by atoms with Crippen LogP contribution in [0.3, 0.4) is 0 Å². The van der Waals surface area contributed by atoms with Gasteiger partial charge >= 0.3 is 6.18 Å². The molecule has 0 radical (unpaired) electrons. The Morgan fingerprint density at radius 1 is 0.969 bits per heavy atom. The summed E-state index contributed by atoms with van der Waals surface area (Å²) >= 11 is 0. The molecule has 4 nitrogen and oxygen atoms in total. The van der Waals surface area contributed by atoms with Crippen molar-refractivity contribution in [1.29, 1.82) is 10.5 Å². The highest BCUT2D eigenvalue weighted by molar-refractivity contribution is 5.82. The van der Waals surface area contributed by atoms with Gasteiger partial charge in [0.1, 0.15) is 11.5 Å². The smallest absolute Gasteiger partial charge is 0.417 e. The molecule has 3 rings (SSSR count). The minimum absolute atomic E-state index is 0.121. The number of nitriles is 2. The Labute approximate surface area is 183 Å². The Hall–Kier alpha value is -4.23. The quantitative estimate of drug-likeness (QED) is 0.529. The predicted molar refractivity (Wildman–Crippen MR) is 113 cm³/mol. The monoisotopic (exact) mass is 434 g/mol. The number of halogens is 3. The van der Waals surface area contributed by atoms with Crippen LogP contribution < -0.4 is 4.74 Å². The van der Waals surface area contributed by atoms with Crippen LogP contribution in [0.25, 0.3) is 5.57 Å². The molecule has 3 aromatic carbocycles. The first kappa shape index (κ1) is 22.5. The van der Waals surface area contributed by atoms with Gasteiger partial charge in [0.05, 0.1) is 35.4 Å². The first-order valence-corrected chi connectivity index (χ1v) is 9.49. The molecular formula is C25H17F3N2O2. The molecule has 1 N–H and O–H groups in total. The number of hydrogen-bond donors (Lipinski definition) is 1. The van der Waals surface area contributed by atoms with Crippen molar-refractivity contribution < 1.29 is 23.0 Å². The summed E-state index contributed by atoms with van der Waals surface area (Å²) in [5.41, 5.74) is 0.425. The standard InChI is InChI=1S/C25H17F3N2O2/c1-16(19-5-6-20(15-30)23(13-19)25(26,27)28)22-12-17(4-9-24(22)31)10-11-32-21-7-2-18(14-29)3-8-21/h2-9,12-13,31H,1,10-11H2. The summed E-state index contributed by atoms with van der Waals surface area (Å²) in [4.78, 5) is 0. The van der Waals surface area contributed by atoms with Gasteiger partial charge in [-0.15, -0.1) is 0 Å². The van der Waals surface area contributed by atoms with Gasteiger partial charge in [-0.2, -0.15) is 23.7 Å². The van der Waals surface area contributed by atoms with E-state index in [4.69, 9.17) is 15.3 Å². The largest absolute Gasteiger partial charge is 0.507 e. The summed E-state index contributed by atoms with van der Waals surface area (Å²) < 4.78 is 45.5. The average molecular weight is 434 g/mol.